The van der Waals surface area contributed by atoms with E-state index < -0.39 is 17.5 Å². The Bertz CT molecular complexity index is 1070. The van der Waals surface area contributed by atoms with Crippen LogP contribution in [0.1, 0.15) is 21.5 Å². The van der Waals surface area contributed by atoms with E-state index in [2.05, 4.69) is 22.5 Å². The summed E-state index contributed by atoms with van der Waals surface area (Å²) in [6.45, 7) is 0.177. The lowest BCUT2D eigenvalue weighted by molar-refractivity contribution is -0.124. The second-order valence-corrected chi connectivity index (χ2v) is 6.96. The summed E-state index contributed by atoms with van der Waals surface area (Å²) in [5.41, 5.74) is 0.538. The lowest BCUT2D eigenvalue weighted by Gasteiger charge is -2.31. The van der Waals surface area contributed by atoms with Crippen molar-refractivity contribution in [1.29, 1.82) is 0 Å². The first-order valence-corrected chi connectivity index (χ1v) is 9.34. The fourth-order valence-corrected chi connectivity index (χ4v) is 3.71. The van der Waals surface area contributed by atoms with Gasteiger partial charge in [-0.15, -0.1) is 0 Å². The number of aliphatic hydroxyl groups excluding tert-OH is 1. The SMILES string of the molecule is O=C1NC(=O)[C@](CN2Cc3cc(OCC#CCO)ccc3C2=O)(c2ccccc2)N1. The zero-order valence-electron chi connectivity index (χ0n) is 16.0. The number of hydrogen-bond donors (Lipinski definition) is 3. The number of nitrogens with one attached hydrogen (secondary N) is 2. The number of imide groups is 1. The summed E-state index contributed by atoms with van der Waals surface area (Å²) in [7, 11) is 0. The van der Waals surface area contributed by atoms with Crippen LogP contribution >= 0.6 is 0 Å². The lowest BCUT2D eigenvalue weighted by atomic mass is 9.89. The van der Waals surface area contributed by atoms with Gasteiger partial charge in [0, 0.05) is 12.1 Å². The van der Waals surface area contributed by atoms with Crippen LogP contribution in [0.5, 0.6) is 5.75 Å². The number of ether oxygens (including phenoxy) is 1. The number of urea groups is 1. The van der Waals surface area contributed by atoms with Crippen LogP contribution < -0.4 is 15.4 Å². The summed E-state index contributed by atoms with van der Waals surface area (Å²) >= 11 is 0. The Morgan fingerprint density at radius 2 is 1.90 bits per heavy atom. The third-order valence-corrected chi connectivity index (χ3v) is 5.11. The van der Waals surface area contributed by atoms with Gasteiger partial charge in [0.25, 0.3) is 11.8 Å². The van der Waals surface area contributed by atoms with E-state index in [1.54, 1.807) is 42.5 Å². The highest BCUT2D eigenvalue weighted by molar-refractivity contribution is 6.08. The molecular weight excluding hydrogens is 386 g/mol. The van der Waals surface area contributed by atoms with E-state index in [0.717, 1.165) is 5.56 Å². The standard InChI is InChI=1S/C22H19N3O5/c26-10-4-5-11-30-17-8-9-18-15(12-17)13-25(19(18)27)14-22(16-6-2-1-3-7-16)20(28)23-21(29)24-22/h1-3,6-9,12,26H,10-11,13-14H2,(H2,23,24,28,29)/t22-/m0/s1. The molecule has 1 fully saturated rings. The summed E-state index contributed by atoms with van der Waals surface area (Å²) in [6.07, 6.45) is 0. The molecule has 0 unspecified atom stereocenters. The molecule has 0 radical (unpaired) electrons. The van der Waals surface area contributed by atoms with Crippen LogP contribution in [0, 0.1) is 11.8 Å². The molecule has 0 saturated carbocycles. The maximum absolute atomic E-state index is 12.9. The maximum Gasteiger partial charge on any atom is 0.322 e. The minimum absolute atomic E-state index is 0.000264. The van der Waals surface area contributed by atoms with Gasteiger partial charge in [0.15, 0.2) is 5.54 Å². The number of nitrogens with zero attached hydrogens (tertiary/aromatic N) is 1. The van der Waals surface area contributed by atoms with Gasteiger partial charge >= 0.3 is 6.03 Å². The number of amides is 4. The number of carbonyl (C=O) groups excluding carboxylic acids is 3. The van der Waals surface area contributed by atoms with E-state index in [1.807, 2.05) is 6.07 Å². The van der Waals surface area contributed by atoms with E-state index in [9.17, 15) is 14.4 Å². The third kappa shape index (κ3) is 3.47. The molecule has 4 amide bonds. The van der Waals surface area contributed by atoms with Gasteiger partial charge in [0.05, 0.1) is 6.54 Å². The minimum atomic E-state index is -1.35. The van der Waals surface area contributed by atoms with E-state index in [1.165, 1.54) is 4.90 Å². The summed E-state index contributed by atoms with van der Waals surface area (Å²) in [4.78, 5) is 39.1. The Labute approximate surface area is 172 Å². The van der Waals surface area contributed by atoms with Crippen LogP contribution in [0.4, 0.5) is 4.79 Å². The van der Waals surface area contributed by atoms with Crippen molar-refractivity contribution in [3.8, 4) is 17.6 Å². The van der Waals surface area contributed by atoms with Crippen molar-refractivity contribution in [2.75, 3.05) is 19.8 Å². The van der Waals surface area contributed by atoms with Crippen molar-refractivity contribution >= 4 is 17.8 Å². The molecule has 0 spiro atoms. The van der Waals surface area contributed by atoms with Gasteiger partial charge in [0.2, 0.25) is 0 Å². The molecule has 2 heterocycles. The van der Waals surface area contributed by atoms with Crippen LogP contribution in [0.3, 0.4) is 0 Å². The summed E-state index contributed by atoms with van der Waals surface area (Å²) < 4.78 is 5.52. The molecule has 0 aromatic heterocycles. The van der Waals surface area contributed by atoms with Crippen LogP contribution in [0.25, 0.3) is 0 Å². The first-order valence-electron chi connectivity index (χ1n) is 9.34. The number of aliphatic hydroxyl groups is 1. The number of rotatable bonds is 5. The maximum atomic E-state index is 12.9. The highest BCUT2D eigenvalue weighted by Crippen LogP contribution is 2.32. The smallest absolute Gasteiger partial charge is 0.322 e. The Morgan fingerprint density at radius 1 is 1.10 bits per heavy atom. The summed E-state index contributed by atoms with van der Waals surface area (Å²) in [5, 5.41) is 13.7. The molecular formula is C22H19N3O5. The quantitative estimate of drug-likeness (QED) is 0.503. The molecule has 1 atom stereocenters. The second-order valence-electron chi connectivity index (χ2n) is 6.96. The molecule has 0 bridgehead atoms. The number of benzene rings is 2. The van der Waals surface area contributed by atoms with E-state index in [0.29, 0.717) is 16.9 Å². The first kappa shape index (κ1) is 19.5. The average Bonchev–Trinajstić information content (AvgIpc) is 3.21. The first-order chi connectivity index (χ1) is 14.5. The lowest BCUT2D eigenvalue weighted by Crippen LogP contribution is -2.52. The van der Waals surface area contributed by atoms with E-state index in [-0.39, 0.29) is 32.2 Å². The molecule has 2 aliphatic heterocycles. The van der Waals surface area contributed by atoms with Gasteiger partial charge in [-0.05, 0) is 29.3 Å². The van der Waals surface area contributed by atoms with Gasteiger partial charge in [-0.3, -0.25) is 14.9 Å². The zero-order chi connectivity index (χ0) is 21.1. The van der Waals surface area contributed by atoms with Crippen LogP contribution in [0.2, 0.25) is 0 Å². The highest BCUT2D eigenvalue weighted by Gasteiger charge is 2.50. The van der Waals surface area contributed by atoms with Crippen molar-refractivity contribution in [3.63, 3.8) is 0 Å². The average molecular weight is 405 g/mol. The van der Waals surface area contributed by atoms with Crippen LogP contribution in [0.15, 0.2) is 48.5 Å². The van der Waals surface area contributed by atoms with Gasteiger partial charge in [-0.1, -0.05) is 42.2 Å². The van der Waals surface area contributed by atoms with Gasteiger partial charge < -0.3 is 20.1 Å². The third-order valence-electron chi connectivity index (χ3n) is 5.11. The van der Waals surface area contributed by atoms with Crippen molar-refractivity contribution in [1.82, 2.24) is 15.5 Å². The Hall–Kier alpha value is -3.83. The molecule has 2 aliphatic rings. The molecule has 1 saturated heterocycles. The number of hydrogen-bond acceptors (Lipinski definition) is 5. The van der Waals surface area contributed by atoms with Crippen molar-refractivity contribution < 1.29 is 24.2 Å². The molecule has 3 N–H and O–H groups in total. The largest absolute Gasteiger partial charge is 0.481 e. The predicted octanol–water partition coefficient (Wildman–Crippen LogP) is 0.752. The van der Waals surface area contributed by atoms with Crippen molar-refractivity contribution in [3.05, 3.63) is 65.2 Å². The van der Waals surface area contributed by atoms with E-state index in [4.69, 9.17) is 9.84 Å². The number of fused-ring (bicyclic) bond motifs is 1. The molecule has 30 heavy (non-hydrogen) atoms. The van der Waals surface area contributed by atoms with Crippen LogP contribution in [-0.4, -0.2) is 47.6 Å². The Morgan fingerprint density at radius 3 is 2.60 bits per heavy atom. The zero-order valence-corrected chi connectivity index (χ0v) is 16.0. The summed E-state index contributed by atoms with van der Waals surface area (Å²) in [5.74, 6) is 5.01. The topological polar surface area (TPSA) is 108 Å². The fourth-order valence-electron chi connectivity index (χ4n) is 3.71. The predicted molar refractivity (Wildman–Crippen MR) is 106 cm³/mol. The van der Waals surface area contributed by atoms with Gasteiger partial charge in [-0.25, -0.2) is 4.79 Å². The number of carbonyl (C=O) groups is 3. The second kappa shape index (κ2) is 7.89. The molecule has 8 nitrogen and oxygen atoms in total. The van der Waals surface area contributed by atoms with Crippen LogP contribution in [-0.2, 0) is 16.9 Å². The van der Waals surface area contributed by atoms with Gasteiger partial charge in [-0.2, -0.15) is 0 Å². The molecule has 0 aliphatic carbocycles. The van der Waals surface area contributed by atoms with E-state index >= 15 is 0 Å². The molecule has 152 valence electrons. The summed E-state index contributed by atoms with van der Waals surface area (Å²) in [6, 6.07) is 13.4. The van der Waals surface area contributed by atoms with Crippen molar-refractivity contribution in [2.45, 2.75) is 12.1 Å². The Kier molecular flexibility index (Phi) is 5.12. The monoisotopic (exact) mass is 405 g/mol. The minimum Gasteiger partial charge on any atom is -0.481 e. The normalized spacial score (nSPS) is 19.6. The van der Waals surface area contributed by atoms with Gasteiger partial charge in [0.1, 0.15) is 19.0 Å². The fraction of sp³-hybridized carbons (Fsp3) is 0.227. The molecule has 2 aromatic rings. The van der Waals surface area contributed by atoms with Crippen molar-refractivity contribution in [2.24, 2.45) is 0 Å². The molecule has 4 rings (SSSR count). The molecule has 8 heteroatoms. The highest BCUT2D eigenvalue weighted by atomic mass is 16.5. The molecule has 2 aromatic carbocycles. The Balaban J connectivity index is 1.57.